The molecule has 0 fully saturated rings. The zero-order valence-electron chi connectivity index (χ0n) is 14.0. The molecule has 5 heteroatoms. The Kier molecular flexibility index (Phi) is 7.55. The van der Waals surface area contributed by atoms with E-state index in [4.69, 9.17) is 9.47 Å². The van der Waals surface area contributed by atoms with E-state index in [-0.39, 0.29) is 13.2 Å². The Hall–Kier alpha value is -2.08. The fourth-order valence-electron chi connectivity index (χ4n) is 2.49. The predicted octanol–water partition coefficient (Wildman–Crippen LogP) is 1.93. The number of hydrogen-bond acceptors (Lipinski definition) is 5. The first-order chi connectivity index (χ1) is 11.7. The Morgan fingerprint density at radius 3 is 2.33 bits per heavy atom. The molecule has 24 heavy (non-hydrogen) atoms. The van der Waals surface area contributed by atoms with Crippen molar-refractivity contribution in [1.82, 2.24) is 4.90 Å². The molecule has 0 radical (unpaired) electrons. The number of rotatable bonds is 10. The molecule has 0 bridgehead atoms. The van der Waals surface area contributed by atoms with E-state index in [1.807, 2.05) is 53.4 Å². The first kappa shape index (κ1) is 18.3. The summed E-state index contributed by atoms with van der Waals surface area (Å²) in [7, 11) is 1.58. The van der Waals surface area contributed by atoms with Crippen LogP contribution >= 0.6 is 0 Å². The van der Waals surface area contributed by atoms with Crippen LogP contribution in [0.2, 0.25) is 0 Å². The van der Waals surface area contributed by atoms with Gasteiger partial charge >= 0.3 is 0 Å². The summed E-state index contributed by atoms with van der Waals surface area (Å²) in [6.45, 7) is 1.81. The minimum absolute atomic E-state index is 0.0485. The van der Waals surface area contributed by atoms with Crippen LogP contribution in [0.1, 0.15) is 5.56 Å². The molecule has 0 saturated heterocycles. The topological polar surface area (TPSA) is 62.2 Å². The van der Waals surface area contributed by atoms with E-state index in [0.29, 0.717) is 31.1 Å². The summed E-state index contributed by atoms with van der Waals surface area (Å²) in [5.41, 5.74) is 1.14. The maximum atomic E-state index is 10.3. The lowest BCUT2D eigenvalue weighted by Gasteiger charge is -2.24. The molecule has 1 atom stereocenters. The Morgan fingerprint density at radius 1 is 1.00 bits per heavy atom. The van der Waals surface area contributed by atoms with E-state index in [9.17, 15) is 10.2 Å². The lowest BCUT2D eigenvalue weighted by molar-refractivity contribution is 0.0582. The van der Waals surface area contributed by atoms with Crippen molar-refractivity contribution in [3.63, 3.8) is 0 Å². The first-order valence-electron chi connectivity index (χ1n) is 8.04. The van der Waals surface area contributed by atoms with Crippen LogP contribution in [-0.2, 0) is 6.54 Å². The summed E-state index contributed by atoms with van der Waals surface area (Å²) in [5, 5.41) is 19.5. The number of ether oxygens (including phenoxy) is 2. The molecule has 2 aromatic rings. The van der Waals surface area contributed by atoms with Crippen molar-refractivity contribution in [2.45, 2.75) is 12.6 Å². The molecule has 2 N–H and O–H groups in total. The average Bonchev–Trinajstić information content (AvgIpc) is 2.61. The number of aliphatic hydroxyl groups excluding tert-OH is 2. The van der Waals surface area contributed by atoms with Crippen molar-refractivity contribution in [2.24, 2.45) is 0 Å². The van der Waals surface area contributed by atoms with E-state index in [2.05, 4.69) is 0 Å². The third-order valence-electron chi connectivity index (χ3n) is 3.63. The molecule has 0 spiro atoms. The fourth-order valence-corrected chi connectivity index (χ4v) is 2.49. The summed E-state index contributed by atoms with van der Waals surface area (Å²) in [6.07, 6.45) is -0.662. The number of methoxy groups -OCH3 is 1. The van der Waals surface area contributed by atoms with Crippen molar-refractivity contribution in [2.75, 3.05) is 33.4 Å². The van der Waals surface area contributed by atoms with E-state index >= 15 is 0 Å². The Morgan fingerprint density at radius 2 is 1.67 bits per heavy atom. The van der Waals surface area contributed by atoms with Gasteiger partial charge in [0, 0.05) is 19.6 Å². The Bertz CT molecular complexity index is 591. The minimum Gasteiger partial charge on any atom is -0.493 e. The number of hydrogen-bond donors (Lipinski definition) is 2. The molecule has 5 nitrogen and oxygen atoms in total. The van der Waals surface area contributed by atoms with Crippen LogP contribution in [0.5, 0.6) is 11.5 Å². The molecular weight excluding hydrogens is 306 g/mol. The summed E-state index contributed by atoms with van der Waals surface area (Å²) in [4.78, 5) is 2.01. The lowest BCUT2D eigenvalue weighted by Crippen LogP contribution is -2.37. The highest BCUT2D eigenvalue weighted by Crippen LogP contribution is 2.25. The quantitative estimate of drug-likeness (QED) is 0.697. The Balaban J connectivity index is 1.87. The molecule has 0 amide bonds. The van der Waals surface area contributed by atoms with Gasteiger partial charge in [0.1, 0.15) is 12.7 Å². The van der Waals surface area contributed by atoms with Crippen molar-refractivity contribution >= 4 is 0 Å². The minimum atomic E-state index is -0.662. The van der Waals surface area contributed by atoms with Gasteiger partial charge in [-0.15, -0.1) is 0 Å². The third kappa shape index (κ3) is 5.85. The second-order valence-electron chi connectivity index (χ2n) is 5.56. The van der Waals surface area contributed by atoms with Gasteiger partial charge in [-0.05, 0) is 17.7 Å². The van der Waals surface area contributed by atoms with Crippen molar-refractivity contribution in [3.05, 3.63) is 60.2 Å². The van der Waals surface area contributed by atoms with Crippen molar-refractivity contribution in [1.29, 1.82) is 0 Å². The second kappa shape index (κ2) is 9.93. The number of para-hydroxylation sites is 2. The third-order valence-corrected chi connectivity index (χ3v) is 3.63. The highest BCUT2D eigenvalue weighted by Gasteiger charge is 2.14. The van der Waals surface area contributed by atoms with E-state index < -0.39 is 6.10 Å². The first-order valence-corrected chi connectivity index (χ1v) is 8.04. The lowest BCUT2D eigenvalue weighted by atomic mass is 10.2. The molecule has 0 heterocycles. The summed E-state index contributed by atoms with van der Waals surface area (Å²) < 4.78 is 10.9. The predicted molar refractivity (Wildman–Crippen MR) is 93.3 cm³/mol. The van der Waals surface area contributed by atoms with Gasteiger partial charge in [0.2, 0.25) is 0 Å². The molecule has 0 aliphatic carbocycles. The normalized spacial score (nSPS) is 12.2. The Labute approximate surface area is 143 Å². The molecule has 2 rings (SSSR count). The van der Waals surface area contributed by atoms with Crippen LogP contribution in [0.25, 0.3) is 0 Å². The molecule has 0 unspecified atom stereocenters. The van der Waals surface area contributed by atoms with Gasteiger partial charge in [0.15, 0.2) is 11.5 Å². The zero-order valence-corrected chi connectivity index (χ0v) is 14.0. The molecule has 0 aliphatic rings. The maximum Gasteiger partial charge on any atom is 0.161 e. The van der Waals surface area contributed by atoms with Gasteiger partial charge < -0.3 is 19.7 Å². The summed E-state index contributed by atoms with van der Waals surface area (Å²) >= 11 is 0. The van der Waals surface area contributed by atoms with Crippen LogP contribution in [0.15, 0.2) is 54.6 Å². The monoisotopic (exact) mass is 331 g/mol. The molecule has 0 aliphatic heterocycles. The standard InChI is InChI=1S/C19H25NO4/c1-23-18-9-5-6-10-19(18)24-15-17(22)14-20(11-12-21)13-16-7-3-2-4-8-16/h2-10,17,21-22H,11-15H2,1H3/t17-/m0/s1. The SMILES string of the molecule is COc1ccccc1OC[C@@H](O)CN(CCO)Cc1ccccc1. The van der Waals surface area contributed by atoms with Gasteiger partial charge in [-0.25, -0.2) is 0 Å². The molecule has 130 valence electrons. The number of benzene rings is 2. The van der Waals surface area contributed by atoms with E-state index in [1.165, 1.54) is 0 Å². The molecule has 0 aromatic heterocycles. The molecular formula is C19H25NO4. The largest absolute Gasteiger partial charge is 0.493 e. The second-order valence-corrected chi connectivity index (χ2v) is 5.56. The zero-order chi connectivity index (χ0) is 17.2. The average molecular weight is 331 g/mol. The van der Waals surface area contributed by atoms with Crippen molar-refractivity contribution < 1.29 is 19.7 Å². The van der Waals surface area contributed by atoms with Crippen molar-refractivity contribution in [3.8, 4) is 11.5 Å². The highest BCUT2D eigenvalue weighted by molar-refractivity contribution is 5.39. The van der Waals surface area contributed by atoms with Crippen LogP contribution in [0, 0.1) is 0 Å². The highest BCUT2D eigenvalue weighted by atomic mass is 16.5. The van der Waals surface area contributed by atoms with E-state index in [1.54, 1.807) is 13.2 Å². The molecule has 2 aromatic carbocycles. The summed E-state index contributed by atoms with van der Waals surface area (Å²) in [6, 6.07) is 17.3. The smallest absolute Gasteiger partial charge is 0.161 e. The van der Waals surface area contributed by atoms with Gasteiger partial charge in [0.25, 0.3) is 0 Å². The van der Waals surface area contributed by atoms with Crippen LogP contribution in [0.4, 0.5) is 0 Å². The van der Waals surface area contributed by atoms with Crippen LogP contribution in [0.3, 0.4) is 0 Å². The van der Waals surface area contributed by atoms with Gasteiger partial charge in [-0.1, -0.05) is 42.5 Å². The summed E-state index contributed by atoms with van der Waals surface area (Å²) in [5.74, 6) is 1.25. The van der Waals surface area contributed by atoms with Gasteiger partial charge in [0.05, 0.1) is 13.7 Å². The van der Waals surface area contributed by atoms with E-state index in [0.717, 1.165) is 5.56 Å². The van der Waals surface area contributed by atoms with Crippen LogP contribution < -0.4 is 9.47 Å². The van der Waals surface area contributed by atoms with Crippen LogP contribution in [-0.4, -0.2) is 54.6 Å². The fraction of sp³-hybridized carbons (Fsp3) is 0.368. The molecule has 0 saturated carbocycles. The van der Waals surface area contributed by atoms with Gasteiger partial charge in [-0.2, -0.15) is 0 Å². The maximum absolute atomic E-state index is 10.3. The number of aliphatic hydroxyl groups is 2. The van der Waals surface area contributed by atoms with Gasteiger partial charge in [-0.3, -0.25) is 4.90 Å². The number of nitrogens with zero attached hydrogens (tertiary/aromatic N) is 1.